The molecule has 1 aliphatic carbocycles. The van der Waals surface area contributed by atoms with Gasteiger partial charge in [0.05, 0.1) is 19.3 Å². The van der Waals surface area contributed by atoms with E-state index in [-0.39, 0.29) is 18.1 Å². The van der Waals surface area contributed by atoms with Crippen molar-refractivity contribution in [3.8, 4) is 5.75 Å². The van der Waals surface area contributed by atoms with Crippen LogP contribution in [-0.2, 0) is 16.1 Å². The van der Waals surface area contributed by atoms with Gasteiger partial charge in [-0.1, -0.05) is 12.1 Å². The van der Waals surface area contributed by atoms with Crippen LogP contribution in [-0.4, -0.2) is 47.9 Å². The number of esters is 1. The van der Waals surface area contributed by atoms with E-state index in [1.807, 2.05) is 24.3 Å². The summed E-state index contributed by atoms with van der Waals surface area (Å²) in [6.07, 6.45) is 1.05. The Hall–Kier alpha value is -1.59. The Morgan fingerprint density at radius 1 is 1.32 bits per heavy atom. The van der Waals surface area contributed by atoms with Crippen molar-refractivity contribution >= 4 is 5.97 Å². The first-order valence-electron chi connectivity index (χ1n) is 7.79. The quantitative estimate of drug-likeness (QED) is 0.856. The zero-order valence-corrected chi connectivity index (χ0v) is 13.1. The average Bonchev–Trinajstić information content (AvgIpc) is 2.47. The smallest absolute Gasteiger partial charge is 0.302 e. The van der Waals surface area contributed by atoms with E-state index in [1.54, 1.807) is 7.11 Å². The van der Waals surface area contributed by atoms with Gasteiger partial charge in [-0.2, -0.15) is 0 Å². The van der Waals surface area contributed by atoms with Gasteiger partial charge in [-0.05, 0) is 36.5 Å². The summed E-state index contributed by atoms with van der Waals surface area (Å²) in [7, 11) is 1.65. The standard InChI is InChI=1S/C17H23NO4/c1-11(19)22-16-8-13-7-15(20)17(16)18(10-13)9-12-3-5-14(21-2)6-4-12/h3-6,13,15-17,20H,7-10H2,1-2H3/t13-,15+,16-,17-/m1/s1. The fourth-order valence-corrected chi connectivity index (χ4v) is 3.84. The van der Waals surface area contributed by atoms with E-state index in [0.717, 1.165) is 31.7 Å². The minimum absolute atomic E-state index is 0.101. The molecule has 1 aromatic carbocycles. The Morgan fingerprint density at radius 3 is 2.64 bits per heavy atom. The van der Waals surface area contributed by atoms with Crippen molar-refractivity contribution in [3.05, 3.63) is 29.8 Å². The molecule has 4 atom stereocenters. The summed E-state index contributed by atoms with van der Waals surface area (Å²) >= 11 is 0. The number of aliphatic hydroxyl groups is 1. The monoisotopic (exact) mass is 305 g/mol. The van der Waals surface area contributed by atoms with Crippen molar-refractivity contribution in [2.75, 3.05) is 13.7 Å². The topological polar surface area (TPSA) is 59.0 Å². The van der Waals surface area contributed by atoms with Crippen LogP contribution in [0.25, 0.3) is 0 Å². The number of nitrogens with zero attached hydrogens (tertiary/aromatic N) is 1. The Morgan fingerprint density at radius 2 is 2.05 bits per heavy atom. The van der Waals surface area contributed by atoms with Crippen LogP contribution < -0.4 is 4.74 Å². The lowest BCUT2D eigenvalue weighted by Gasteiger charge is -2.51. The van der Waals surface area contributed by atoms with Crippen LogP contribution in [0.5, 0.6) is 5.75 Å². The molecule has 22 heavy (non-hydrogen) atoms. The second-order valence-corrected chi connectivity index (χ2v) is 6.32. The van der Waals surface area contributed by atoms with E-state index in [9.17, 15) is 9.90 Å². The van der Waals surface area contributed by atoms with Crippen molar-refractivity contribution < 1.29 is 19.4 Å². The molecule has 0 amide bonds. The van der Waals surface area contributed by atoms with E-state index in [1.165, 1.54) is 12.5 Å². The summed E-state index contributed by atoms with van der Waals surface area (Å²) in [5.41, 5.74) is 1.17. The third-order valence-corrected chi connectivity index (χ3v) is 4.69. The molecule has 0 radical (unpaired) electrons. The molecular weight excluding hydrogens is 282 g/mol. The molecule has 1 saturated carbocycles. The maximum Gasteiger partial charge on any atom is 0.302 e. The highest BCUT2D eigenvalue weighted by molar-refractivity contribution is 5.66. The molecule has 3 aliphatic rings. The Balaban J connectivity index is 1.73. The summed E-state index contributed by atoms with van der Waals surface area (Å²) in [5.74, 6) is 0.957. The lowest BCUT2D eigenvalue weighted by Crippen LogP contribution is -2.62. The average molecular weight is 305 g/mol. The number of hydrogen-bond acceptors (Lipinski definition) is 5. The molecular formula is C17H23NO4. The van der Waals surface area contributed by atoms with Gasteiger partial charge in [0.2, 0.25) is 0 Å². The number of carbonyl (C=O) groups is 1. The number of aliphatic hydroxyl groups excluding tert-OH is 1. The fourth-order valence-electron chi connectivity index (χ4n) is 3.84. The third-order valence-electron chi connectivity index (χ3n) is 4.69. The van der Waals surface area contributed by atoms with Crippen LogP contribution in [0, 0.1) is 5.92 Å². The first kappa shape index (κ1) is 15.3. The predicted octanol–water partition coefficient (Wildman–Crippen LogP) is 1.58. The number of carbonyl (C=O) groups excluding carboxylic acids is 1. The summed E-state index contributed by atoms with van der Waals surface area (Å²) in [6, 6.07) is 7.86. The zero-order valence-electron chi connectivity index (χ0n) is 13.1. The van der Waals surface area contributed by atoms with Crippen LogP contribution in [0.15, 0.2) is 24.3 Å². The SMILES string of the molecule is COc1ccc(CN2C[C@@H]3C[C@H](O)[C@@H]2[C@H](OC(C)=O)C3)cc1. The molecule has 0 spiro atoms. The summed E-state index contributed by atoms with van der Waals surface area (Å²) in [5, 5.41) is 10.4. The summed E-state index contributed by atoms with van der Waals surface area (Å²) in [6.45, 7) is 3.13. The van der Waals surface area contributed by atoms with Crippen LogP contribution >= 0.6 is 0 Å². The first-order valence-corrected chi connectivity index (χ1v) is 7.79. The number of ether oxygens (including phenoxy) is 2. The Kier molecular flexibility index (Phi) is 4.36. The van der Waals surface area contributed by atoms with Gasteiger partial charge in [0.15, 0.2) is 0 Å². The van der Waals surface area contributed by atoms with Gasteiger partial charge in [0, 0.05) is 20.0 Å². The number of fused-ring (bicyclic) bond motifs is 3. The van der Waals surface area contributed by atoms with E-state index in [2.05, 4.69) is 4.90 Å². The fraction of sp³-hybridized carbons (Fsp3) is 0.588. The molecule has 3 fully saturated rings. The largest absolute Gasteiger partial charge is 0.497 e. The lowest BCUT2D eigenvalue weighted by molar-refractivity contribution is -0.171. The molecule has 2 saturated heterocycles. The van der Waals surface area contributed by atoms with E-state index in [4.69, 9.17) is 9.47 Å². The summed E-state index contributed by atoms with van der Waals surface area (Å²) < 4.78 is 10.6. The van der Waals surface area contributed by atoms with Gasteiger partial charge < -0.3 is 14.6 Å². The van der Waals surface area contributed by atoms with Gasteiger partial charge in [0.25, 0.3) is 0 Å². The molecule has 120 valence electrons. The minimum Gasteiger partial charge on any atom is -0.497 e. The van der Waals surface area contributed by atoms with Crippen LogP contribution in [0.1, 0.15) is 25.3 Å². The van der Waals surface area contributed by atoms with Gasteiger partial charge in [0.1, 0.15) is 11.9 Å². The van der Waals surface area contributed by atoms with Crippen molar-refractivity contribution in [3.63, 3.8) is 0 Å². The molecule has 1 N–H and O–H groups in total. The zero-order chi connectivity index (χ0) is 15.7. The molecule has 2 bridgehead atoms. The number of hydrogen-bond donors (Lipinski definition) is 1. The Bertz CT molecular complexity index is 530. The number of rotatable bonds is 4. The Labute approximate surface area is 130 Å². The van der Waals surface area contributed by atoms with Crippen molar-refractivity contribution in [2.24, 2.45) is 5.92 Å². The lowest BCUT2D eigenvalue weighted by atomic mass is 9.75. The van der Waals surface area contributed by atoms with Crippen LogP contribution in [0.2, 0.25) is 0 Å². The number of methoxy groups -OCH3 is 1. The van der Waals surface area contributed by atoms with Crippen molar-refractivity contribution in [1.82, 2.24) is 4.90 Å². The van der Waals surface area contributed by atoms with Gasteiger partial charge in [-0.25, -0.2) is 0 Å². The highest BCUT2D eigenvalue weighted by atomic mass is 16.5. The number of piperidine rings is 2. The van der Waals surface area contributed by atoms with Gasteiger partial charge in [-0.3, -0.25) is 9.69 Å². The minimum atomic E-state index is -0.421. The van der Waals surface area contributed by atoms with Crippen LogP contribution in [0.3, 0.4) is 0 Å². The molecule has 0 unspecified atom stereocenters. The first-order chi connectivity index (χ1) is 10.6. The molecule has 2 heterocycles. The van der Waals surface area contributed by atoms with E-state index < -0.39 is 6.10 Å². The van der Waals surface area contributed by atoms with Crippen molar-refractivity contribution in [1.29, 1.82) is 0 Å². The van der Waals surface area contributed by atoms with Gasteiger partial charge in [-0.15, -0.1) is 0 Å². The molecule has 1 aromatic rings. The predicted molar refractivity (Wildman–Crippen MR) is 81.5 cm³/mol. The summed E-state index contributed by atoms with van der Waals surface area (Å²) in [4.78, 5) is 13.5. The highest BCUT2D eigenvalue weighted by Gasteiger charge is 2.47. The maximum atomic E-state index is 11.3. The normalized spacial score (nSPS) is 31.0. The maximum absolute atomic E-state index is 11.3. The molecule has 4 rings (SSSR count). The van der Waals surface area contributed by atoms with Gasteiger partial charge >= 0.3 is 5.97 Å². The molecule has 0 aromatic heterocycles. The molecule has 5 nitrogen and oxygen atoms in total. The molecule has 2 aliphatic heterocycles. The third kappa shape index (κ3) is 3.10. The van der Waals surface area contributed by atoms with E-state index >= 15 is 0 Å². The number of benzene rings is 1. The van der Waals surface area contributed by atoms with E-state index in [0.29, 0.717) is 5.92 Å². The second kappa shape index (κ2) is 6.26. The molecule has 5 heteroatoms. The second-order valence-electron chi connectivity index (χ2n) is 6.32. The highest BCUT2D eigenvalue weighted by Crippen LogP contribution is 2.38. The van der Waals surface area contributed by atoms with Crippen molar-refractivity contribution in [2.45, 2.75) is 44.6 Å². The van der Waals surface area contributed by atoms with Crippen LogP contribution in [0.4, 0.5) is 0 Å².